The first-order valence-electron chi connectivity index (χ1n) is 7.85. The standard InChI is InChI=1S/C18H21NO4/c1-22-15-8-6-13(7-9-15)18(21)19-10-2-4-14(19)12-16(20)17-5-3-11-23-17/h3,5-9,11,14,16,20H,2,4,10,12H2,1H3. The van der Waals surface area contributed by atoms with Gasteiger partial charge in [0.1, 0.15) is 17.6 Å². The first kappa shape index (κ1) is 15.6. The van der Waals surface area contributed by atoms with E-state index in [1.165, 1.54) is 0 Å². The number of carbonyl (C=O) groups excluding carboxylic acids is 1. The van der Waals surface area contributed by atoms with Gasteiger partial charge in [0.2, 0.25) is 0 Å². The largest absolute Gasteiger partial charge is 0.497 e. The van der Waals surface area contributed by atoms with Crippen LogP contribution in [0.2, 0.25) is 0 Å². The highest BCUT2D eigenvalue weighted by molar-refractivity contribution is 5.94. The van der Waals surface area contributed by atoms with E-state index < -0.39 is 6.10 Å². The van der Waals surface area contributed by atoms with Gasteiger partial charge in [-0.15, -0.1) is 0 Å². The van der Waals surface area contributed by atoms with E-state index in [0.29, 0.717) is 17.7 Å². The first-order valence-corrected chi connectivity index (χ1v) is 7.85. The van der Waals surface area contributed by atoms with Crippen LogP contribution in [0.5, 0.6) is 5.75 Å². The Kier molecular flexibility index (Phi) is 4.67. The molecule has 0 saturated carbocycles. The molecular weight excluding hydrogens is 294 g/mol. The Balaban J connectivity index is 1.69. The second-order valence-corrected chi connectivity index (χ2v) is 5.79. The molecule has 23 heavy (non-hydrogen) atoms. The Morgan fingerprint density at radius 1 is 1.39 bits per heavy atom. The van der Waals surface area contributed by atoms with Crippen molar-refractivity contribution in [2.24, 2.45) is 0 Å². The first-order chi connectivity index (χ1) is 11.2. The third-order valence-corrected chi connectivity index (χ3v) is 4.34. The molecule has 0 bridgehead atoms. The smallest absolute Gasteiger partial charge is 0.254 e. The number of furan rings is 1. The monoisotopic (exact) mass is 315 g/mol. The second kappa shape index (κ2) is 6.87. The van der Waals surface area contributed by atoms with Crippen LogP contribution in [0.15, 0.2) is 47.1 Å². The number of benzene rings is 1. The van der Waals surface area contributed by atoms with Crippen LogP contribution in [0, 0.1) is 0 Å². The van der Waals surface area contributed by atoms with Gasteiger partial charge in [-0.2, -0.15) is 0 Å². The maximum atomic E-state index is 12.7. The van der Waals surface area contributed by atoms with Crippen LogP contribution in [-0.4, -0.2) is 35.6 Å². The van der Waals surface area contributed by atoms with Crippen molar-refractivity contribution in [3.05, 3.63) is 54.0 Å². The van der Waals surface area contributed by atoms with E-state index in [2.05, 4.69) is 0 Å². The Morgan fingerprint density at radius 2 is 2.17 bits per heavy atom. The molecule has 3 rings (SSSR count). The number of ether oxygens (including phenoxy) is 1. The lowest BCUT2D eigenvalue weighted by Crippen LogP contribution is -2.36. The number of aliphatic hydroxyl groups is 1. The summed E-state index contributed by atoms with van der Waals surface area (Å²) in [5.41, 5.74) is 0.644. The summed E-state index contributed by atoms with van der Waals surface area (Å²) >= 11 is 0. The number of nitrogens with zero attached hydrogens (tertiary/aromatic N) is 1. The summed E-state index contributed by atoms with van der Waals surface area (Å²) in [6.45, 7) is 0.723. The van der Waals surface area contributed by atoms with Gasteiger partial charge in [-0.3, -0.25) is 4.79 Å². The van der Waals surface area contributed by atoms with Gasteiger partial charge < -0.3 is 19.2 Å². The predicted molar refractivity (Wildman–Crippen MR) is 85.3 cm³/mol. The Hall–Kier alpha value is -2.27. The molecule has 1 aromatic carbocycles. The lowest BCUT2D eigenvalue weighted by Gasteiger charge is -2.26. The molecule has 2 heterocycles. The Bertz CT molecular complexity index is 636. The van der Waals surface area contributed by atoms with Gasteiger partial charge in [-0.05, 0) is 49.2 Å². The Labute approximate surface area is 135 Å². The Morgan fingerprint density at radius 3 is 2.83 bits per heavy atom. The van der Waals surface area contributed by atoms with Crippen molar-refractivity contribution in [3.63, 3.8) is 0 Å². The number of amides is 1. The minimum absolute atomic E-state index is 0.00166. The summed E-state index contributed by atoms with van der Waals surface area (Å²) in [6, 6.07) is 10.7. The highest BCUT2D eigenvalue weighted by Crippen LogP contribution is 2.29. The molecule has 1 N–H and O–H groups in total. The van der Waals surface area contributed by atoms with E-state index >= 15 is 0 Å². The number of carbonyl (C=O) groups is 1. The molecule has 1 aromatic heterocycles. The number of methoxy groups -OCH3 is 1. The van der Waals surface area contributed by atoms with Crippen LogP contribution in [0.3, 0.4) is 0 Å². The number of aliphatic hydroxyl groups excluding tert-OH is 1. The summed E-state index contributed by atoms with van der Waals surface area (Å²) in [4.78, 5) is 14.6. The van der Waals surface area contributed by atoms with E-state index in [1.807, 2.05) is 4.90 Å². The molecule has 2 aromatic rings. The van der Waals surface area contributed by atoms with Crippen molar-refractivity contribution in [2.75, 3.05) is 13.7 Å². The van der Waals surface area contributed by atoms with Gasteiger partial charge >= 0.3 is 0 Å². The van der Waals surface area contributed by atoms with E-state index in [0.717, 1.165) is 25.1 Å². The summed E-state index contributed by atoms with van der Waals surface area (Å²) in [7, 11) is 1.60. The van der Waals surface area contributed by atoms with Gasteiger partial charge in [0.05, 0.1) is 13.4 Å². The van der Waals surface area contributed by atoms with Crippen LogP contribution in [0.25, 0.3) is 0 Å². The zero-order chi connectivity index (χ0) is 16.2. The van der Waals surface area contributed by atoms with Crippen molar-refractivity contribution < 1.29 is 19.1 Å². The van der Waals surface area contributed by atoms with Crippen molar-refractivity contribution in [3.8, 4) is 5.75 Å². The average molecular weight is 315 g/mol. The molecule has 0 spiro atoms. The van der Waals surface area contributed by atoms with Crippen LogP contribution in [0.4, 0.5) is 0 Å². The molecule has 2 unspecified atom stereocenters. The van der Waals surface area contributed by atoms with Crippen LogP contribution >= 0.6 is 0 Å². The molecule has 122 valence electrons. The molecule has 5 nitrogen and oxygen atoms in total. The van der Waals surface area contributed by atoms with Crippen LogP contribution in [0.1, 0.15) is 41.5 Å². The second-order valence-electron chi connectivity index (χ2n) is 5.79. The van der Waals surface area contributed by atoms with Crippen molar-refractivity contribution in [1.82, 2.24) is 4.90 Å². The lowest BCUT2D eigenvalue weighted by atomic mass is 10.0. The third-order valence-electron chi connectivity index (χ3n) is 4.34. The maximum absolute atomic E-state index is 12.7. The molecule has 2 atom stereocenters. The van der Waals surface area contributed by atoms with Crippen LogP contribution < -0.4 is 4.74 Å². The predicted octanol–water partition coefficient (Wildman–Crippen LogP) is 3.02. The molecule has 1 amide bonds. The quantitative estimate of drug-likeness (QED) is 0.921. The minimum atomic E-state index is -0.681. The SMILES string of the molecule is COc1ccc(C(=O)N2CCCC2CC(O)c2ccco2)cc1. The molecule has 0 aliphatic carbocycles. The van der Waals surface area contributed by atoms with Gasteiger partial charge in [0.15, 0.2) is 0 Å². The molecule has 5 heteroatoms. The fourth-order valence-corrected chi connectivity index (χ4v) is 3.10. The van der Waals surface area contributed by atoms with Gasteiger partial charge in [-0.1, -0.05) is 0 Å². The highest BCUT2D eigenvalue weighted by atomic mass is 16.5. The summed E-state index contributed by atoms with van der Waals surface area (Å²) in [5, 5.41) is 10.3. The number of hydrogen-bond acceptors (Lipinski definition) is 4. The summed E-state index contributed by atoms with van der Waals surface area (Å²) in [5.74, 6) is 1.28. The third kappa shape index (κ3) is 3.40. The van der Waals surface area contributed by atoms with Crippen LogP contribution in [-0.2, 0) is 0 Å². The maximum Gasteiger partial charge on any atom is 0.254 e. The molecular formula is C18H21NO4. The molecule has 1 aliphatic rings. The van der Waals surface area contributed by atoms with Gasteiger partial charge in [0, 0.05) is 24.6 Å². The van der Waals surface area contributed by atoms with E-state index in [-0.39, 0.29) is 11.9 Å². The molecule has 1 fully saturated rings. The number of likely N-dealkylation sites (tertiary alicyclic amines) is 1. The molecule has 1 saturated heterocycles. The fourth-order valence-electron chi connectivity index (χ4n) is 3.10. The lowest BCUT2D eigenvalue weighted by molar-refractivity contribution is 0.0641. The van der Waals surface area contributed by atoms with Crippen molar-refractivity contribution >= 4 is 5.91 Å². The normalized spacial score (nSPS) is 18.9. The molecule has 0 radical (unpaired) electrons. The zero-order valence-corrected chi connectivity index (χ0v) is 13.1. The number of rotatable bonds is 5. The van der Waals surface area contributed by atoms with E-state index in [1.54, 1.807) is 49.8 Å². The van der Waals surface area contributed by atoms with Gasteiger partial charge in [0.25, 0.3) is 5.91 Å². The van der Waals surface area contributed by atoms with Gasteiger partial charge in [-0.25, -0.2) is 0 Å². The van der Waals surface area contributed by atoms with E-state index in [4.69, 9.17) is 9.15 Å². The summed E-state index contributed by atoms with van der Waals surface area (Å²) in [6.07, 6.45) is 3.22. The zero-order valence-electron chi connectivity index (χ0n) is 13.1. The minimum Gasteiger partial charge on any atom is -0.497 e. The number of hydrogen-bond donors (Lipinski definition) is 1. The molecule has 1 aliphatic heterocycles. The van der Waals surface area contributed by atoms with Crippen molar-refractivity contribution in [1.29, 1.82) is 0 Å². The average Bonchev–Trinajstić information content (AvgIpc) is 3.26. The highest BCUT2D eigenvalue weighted by Gasteiger charge is 2.31. The topological polar surface area (TPSA) is 62.9 Å². The van der Waals surface area contributed by atoms with E-state index in [9.17, 15) is 9.90 Å². The van der Waals surface area contributed by atoms with Crippen molar-refractivity contribution in [2.45, 2.75) is 31.4 Å². The fraction of sp³-hybridized carbons (Fsp3) is 0.389. The summed E-state index contributed by atoms with van der Waals surface area (Å²) < 4.78 is 10.4.